The summed E-state index contributed by atoms with van der Waals surface area (Å²) >= 11 is 0. The summed E-state index contributed by atoms with van der Waals surface area (Å²) in [6.45, 7) is 5.77. The van der Waals surface area contributed by atoms with Crippen molar-refractivity contribution >= 4 is 15.9 Å². The molecule has 0 unspecified atom stereocenters. The van der Waals surface area contributed by atoms with Gasteiger partial charge in [0.05, 0.1) is 38.3 Å². The van der Waals surface area contributed by atoms with E-state index in [-0.39, 0.29) is 43.7 Å². The molecule has 0 radical (unpaired) electrons. The maximum atomic E-state index is 13.3. The van der Waals surface area contributed by atoms with Crippen molar-refractivity contribution in [1.29, 1.82) is 0 Å². The number of halogens is 1. The van der Waals surface area contributed by atoms with E-state index in [0.29, 0.717) is 25.4 Å². The Hall–Kier alpha value is -2.27. The number of amides is 1. The fraction of sp³-hybridized carbons (Fsp3) is 0.522. The van der Waals surface area contributed by atoms with Crippen LogP contribution in [0.5, 0.6) is 0 Å². The van der Waals surface area contributed by atoms with Gasteiger partial charge in [0.1, 0.15) is 11.6 Å². The van der Waals surface area contributed by atoms with Gasteiger partial charge in [-0.25, -0.2) is 12.8 Å². The molecule has 10 heteroatoms. The molecule has 0 bridgehead atoms. The van der Waals surface area contributed by atoms with E-state index in [2.05, 4.69) is 4.90 Å². The first-order chi connectivity index (χ1) is 15.9. The number of sulfonamides is 1. The average Bonchev–Trinajstić information content (AvgIpc) is 3.33. The molecule has 1 fully saturated rings. The summed E-state index contributed by atoms with van der Waals surface area (Å²) in [4.78, 5) is 17.0. The van der Waals surface area contributed by atoms with Gasteiger partial charge in [-0.15, -0.1) is 0 Å². The van der Waals surface area contributed by atoms with Gasteiger partial charge in [0.2, 0.25) is 15.9 Å². The molecular formula is C23H32FN3O5S. The van der Waals surface area contributed by atoms with Crippen LogP contribution in [0.15, 0.2) is 47.1 Å². The van der Waals surface area contributed by atoms with Crippen molar-refractivity contribution in [3.8, 4) is 0 Å². The van der Waals surface area contributed by atoms with Crippen molar-refractivity contribution in [2.75, 3.05) is 51.7 Å². The van der Waals surface area contributed by atoms with Crippen molar-refractivity contribution in [3.63, 3.8) is 0 Å². The minimum atomic E-state index is -3.56. The van der Waals surface area contributed by atoms with Crippen molar-refractivity contribution in [3.05, 3.63) is 59.8 Å². The number of ether oxygens (including phenoxy) is 1. The van der Waals surface area contributed by atoms with Gasteiger partial charge in [0.25, 0.3) is 0 Å². The van der Waals surface area contributed by atoms with E-state index in [0.717, 1.165) is 25.2 Å². The summed E-state index contributed by atoms with van der Waals surface area (Å²) in [6.07, 6.45) is 2.15. The highest BCUT2D eigenvalue weighted by atomic mass is 32.2. The van der Waals surface area contributed by atoms with Crippen molar-refractivity contribution in [2.24, 2.45) is 0 Å². The van der Waals surface area contributed by atoms with Gasteiger partial charge in [0, 0.05) is 26.2 Å². The molecule has 8 nitrogen and oxygen atoms in total. The quantitative estimate of drug-likeness (QED) is 0.463. The normalized spacial score (nSPS) is 15.1. The Morgan fingerprint density at radius 2 is 1.85 bits per heavy atom. The zero-order valence-electron chi connectivity index (χ0n) is 19.0. The Bertz CT molecular complexity index is 960. The van der Waals surface area contributed by atoms with Gasteiger partial charge in [-0.2, -0.15) is 4.31 Å². The maximum Gasteiger partial charge on any atom is 0.238 e. The van der Waals surface area contributed by atoms with E-state index < -0.39 is 10.0 Å². The number of morpholine rings is 1. The van der Waals surface area contributed by atoms with E-state index in [1.165, 1.54) is 27.6 Å². The number of rotatable bonds is 12. The van der Waals surface area contributed by atoms with Gasteiger partial charge >= 0.3 is 0 Å². The summed E-state index contributed by atoms with van der Waals surface area (Å²) in [5.74, 6) is -0.182. The molecule has 1 aromatic heterocycles. The number of carbonyl (C=O) groups excluding carboxylic acids is 1. The number of nitrogens with zero attached hydrogens (tertiary/aromatic N) is 3. The number of benzene rings is 1. The van der Waals surface area contributed by atoms with Gasteiger partial charge < -0.3 is 14.1 Å². The molecule has 33 heavy (non-hydrogen) atoms. The molecule has 1 saturated heterocycles. The molecule has 1 amide bonds. The molecule has 3 rings (SSSR count). The first-order valence-electron chi connectivity index (χ1n) is 11.2. The van der Waals surface area contributed by atoms with Crippen LogP contribution in [-0.4, -0.2) is 80.1 Å². The molecule has 0 saturated carbocycles. The van der Waals surface area contributed by atoms with Crippen LogP contribution >= 0.6 is 0 Å². The lowest BCUT2D eigenvalue weighted by Crippen LogP contribution is -2.44. The van der Waals surface area contributed by atoms with Crippen LogP contribution in [0, 0.1) is 5.82 Å². The van der Waals surface area contributed by atoms with E-state index in [4.69, 9.17) is 9.15 Å². The summed E-state index contributed by atoms with van der Waals surface area (Å²) < 4.78 is 50.7. The Kier molecular flexibility index (Phi) is 9.42. The van der Waals surface area contributed by atoms with Crippen LogP contribution in [0.4, 0.5) is 4.39 Å². The average molecular weight is 482 g/mol. The minimum Gasteiger partial charge on any atom is -0.467 e. The fourth-order valence-electron chi connectivity index (χ4n) is 3.68. The van der Waals surface area contributed by atoms with E-state index in [1.54, 1.807) is 31.2 Å². The Labute approximate surface area is 195 Å². The molecular weight excluding hydrogens is 449 g/mol. The third kappa shape index (κ3) is 7.92. The first-order valence-corrected chi connectivity index (χ1v) is 12.8. The number of furan rings is 1. The van der Waals surface area contributed by atoms with Crippen molar-refractivity contribution < 1.29 is 26.8 Å². The molecule has 0 N–H and O–H groups in total. The van der Waals surface area contributed by atoms with E-state index in [9.17, 15) is 17.6 Å². The molecule has 1 aliphatic heterocycles. The topological polar surface area (TPSA) is 83.3 Å². The first kappa shape index (κ1) is 25.4. The highest BCUT2D eigenvalue weighted by Crippen LogP contribution is 2.14. The highest BCUT2D eigenvalue weighted by molar-refractivity contribution is 7.89. The largest absolute Gasteiger partial charge is 0.467 e. The van der Waals surface area contributed by atoms with Crippen molar-refractivity contribution in [1.82, 2.24) is 14.1 Å². The van der Waals surface area contributed by atoms with E-state index in [1.807, 2.05) is 0 Å². The van der Waals surface area contributed by atoms with Crippen LogP contribution in [0.2, 0.25) is 0 Å². The Balaban J connectivity index is 1.68. The lowest BCUT2D eigenvalue weighted by atomic mass is 10.2. The molecule has 1 aliphatic rings. The second-order valence-corrected chi connectivity index (χ2v) is 10.3. The van der Waals surface area contributed by atoms with Gasteiger partial charge in [-0.3, -0.25) is 9.69 Å². The lowest BCUT2D eigenvalue weighted by molar-refractivity contribution is -0.133. The lowest BCUT2D eigenvalue weighted by Gasteiger charge is -2.29. The summed E-state index contributed by atoms with van der Waals surface area (Å²) in [6, 6.07) is 9.39. The molecule has 0 atom stereocenters. The van der Waals surface area contributed by atoms with Gasteiger partial charge in [-0.05, 0) is 49.7 Å². The standard InChI is InChI=1S/C23H32FN3O5S/c1-2-33(29,30)27(11-4-10-25-12-15-31-16-13-25)19-23(28)26(18-22-5-3-14-32-22)17-20-6-8-21(24)9-7-20/h3,5-9,14H,2,4,10-13,15-19H2,1H3. The molecule has 182 valence electrons. The van der Waals surface area contributed by atoms with Crippen LogP contribution in [0.3, 0.4) is 0 Å². The summed E-state index contributed by atoms with van der Waals surface area (Å²) in [5.41, 5.74) is 0.744. The predicted molar refractivity (Wildman–Crippen MR) is 122 cm³/mol. The fourth-order valence-corrected chi connectivity index (χ4v) is 4.76. The summed E-state index contributed by atoms with van der Waals surface area (Å²) in [5, 5.41) is 0. The van der Waals surface area contributed by atoms with Crippen LogP contribution in [0.25, 0.3) is 0 Å². The SMILES string of the molecule is CCS(=O)(=O)N(CCCN1CCOCC1)CC(=O)N(Cc1ccc(F)cc1)Cc1ccco1. The zero-order valence-corrected chi connectivity index (χ0v) is 19.8. The smallest absolute Gasteiger partial charge is 0.238 e. The number of carbonyl (C=O) groups is 1. The molecule has 2 heterocycles. The second kappa shape index (κ2) is 12.3. The van der Waals surface area contributed by atoms with Crippen LogP contribution < -0.4 is 0 Å². The maximum absolute atomic E-state index is 13.3. The monoisotopic (exact) mass is 481 g/mol. The van der Waals surface area contributed by atoms with Crippen LogP contribution in [0.1, 0.15) is 24.7 Å². The van der Waals surface area contributed by atoms with E-state index >= 15 is 0 Å². The second-order valence-electron chi connectivity index (χ2n) is 8.00. The molecule has 1 aromatic carbocycles. The zero-order chi connectivity index (χ0) is 23.7. The third-order valence-electron chi connectivity index (χ3n) is 5.62. The van der Waals surface area contributed by atoms with Gasteiger partial charge in [0.15, 0.2) is 0 Å². The molecule has 0 spiro atoms. The Morgan fingerprint density at radius 3 is 2.48 bits per heavy atom. The summed E-state index contributed by atoms with van der Waals surface area (Å²) in [7, 11) is -3.56. The number of hydrogen-bond donors (Lipinski definition) is 0. The van der Waals surface area contributed by atoms with Crippen LogP contribution in [-0.2, 0) is 32.6 Å². The molecule has 0 aliphatic carbocycles. The van der Waals surface area contributed by atoms with Gasteiger partial charge in [-0.1, -0.05) is 12.1 Å². The highest BCUT2D eigenvalue weighted by Gasteiger charge is 2.26. The number of hydrogen-bond acceptors (Lipinski definition) is 6. The third-order valence-corrected chi connectivity index (χ3v) is 7.45. The Morgan fingerprint density at radius 1 is 1.12 bits per heavy atom. The predicted octanol–water partition coefficient (Wildman–Crippen LogP) is 2.32. The molecule has 2 aromatic rings. The minimum absolute atomic E-state index is 0.0754. The van der Waals surface area contributed by atoms with Crippen molar-refractivity contribution in [2.45, 2.75) is 26.4 Å².